The SMILES string of the molecule is CN(C)C(=O)CN(C)C(=O)CC1CSCCN1. The molecule has 5 nitrogen and oxygen atoms in total. The van der Waals surface area contributed by atoms with Gasteiger partial charge < -0.3 is 15.1 Å². The lowest BCUT2D eigenvalue weighted by Crippen LogP contribution is -2.43. The molecule has 1 saturated heterocycles. The Morgan fingerprint density at radius 1 is 1.29 bits per heavy atom. The fourth-order valence-corrected chi connectivity index (χ4v) is 2.50. The molecule has 1 N–H and O–H groups in total. The maximum absolute atomic E-state index is 11.9. The lowest BCUT2D eigenvalue weighted by atomic mass is 10.2. The van der Waals surface area contributed by atoms with Crippen LogP contribution < -0.4 is 5.32 Å². The van der Waals surface area contributed by atoms with Gasteiger partial charge >= 0.3 is 0 Å². The maximum Gasteiger partial charge on any atom is 0.241 e. The number of carbonyl (C=O) groups excluding carboxylic acids is 2. The number of hydrogen-bond acceptors (Lipinski definition) is 4. The highest BCUT2D eigenvalue weighted by atomic mass is 32.2. The van der Waals surface area contributed by atoms with Gasteiger partial charge in [-0.25, -0.2) is 0 Å². The second-order valence-electron chi connectivity index (χ2n) is 4.47. The summed E-state index contributed by atoms with van der Waals surface area (Å²) in [6, 6.07) is 0.248. The summed E-state index contributed by atoms with van der Waals surface area (Å²) in [6.07, 6.45) is 0.476. The summed E-state index contributed by atoms with van der Waals surface area (Å²) in [5, 5.41) is 3.32. The summed E-state index contributed by atoms with van der Waals surface area (Å²) in [5.41, 5.74) is 0. The lowest BCUT2D eigenvalue weighted by Gasteiger charge is -2.25. The number of nitrogens with one attached hydrogen (secondary N) is 1. The molecule has 1 atom stereocenters. The zero-order valence-electron chi connectivity index (χ0n) is 10.7. The molecular weight excluding hydrogens is 238 g/mol. The van der Waals surface area contributed by atoms with Crippen LogP contribution in [0.2, 0.25) is 0 Å². The largest absolute Gasteiger partial charge is 0.347 e. The molecule has 0 spiro atoms. The Labute approximate surface area is 107 Å². The zero-order valence-corrected chi connectivity index (χ0v) is 11.5. The van der Waals surface area contributed by atoms with Gasteiger partial charge in [-0.15, -0.1) is 0 Å². The van der Waals surface area contributed by atoms with Crippen molar-refractivity contribution in [2.24, 2.45) is 0 Å². The maximum atomic E-state index is 11.9. The number of hydrogen-bond donors (Lipinski definition) is 1. The van der Waals surface area contributed by atoms with Crippen LogP contribution >= 0.6 is 11.8 Å². The second-order valence-corrected chi connectivity index (χ2v) is 5.62. The van der Waals surface area contributed by atoms with E-state index in [1.807, 2.05) is 11.8 Å². The number of amides is 2. The average Bonchev–Trinajstić information content (AvgIpc) is 2.29. The number of nitrogens with zero attached hydrogens (tertiary/aromatic N) is 2. The minimum absolute atomic E-state index is 0.0280. The molecule has 98 valence electrons. The molecule has 17 heavy (non-hydrogen) atoms. The summed E-state index contributed by atoms with van der Waals surface area (Å²) in [7, 11) is 5.07. The van der Waals surface area contributed by atoms with E-state index in [9.17, 15) is 9.59 Å². The first-order valence-corrected chi connectivity index (χ1v) is 6.91. The topological polar surface area (TPSA) is 52.7 Å². The summed E-state index contributed by atoms with van der Waals surface area (Å²) in [6.45, 7) is 1.12. The fourth-order valence-electron chi connectivity index (χ4n) is 1.55. The van der Waals surface area contributed by atoms with Gasteiger partial charge in [0.15, 0.2) is 0 Å². The number of thioether (sulfide) groups is 1. The molecule has 0 saturated carbocycles. The van der Waals surface area contributed by atoms with Crippen molar-refractivity contribution in [3.63, 3.8) is 0 Å². The van der Waals surface area contributed by atoms with Gasteiger partial charge in [0.25, 0.3) is 0 Å². The molecule has 0 radical (unpaired) electrons. The molecular formula is C11H21N3O2S. The molecule has 1 aliphatic rings. The molecule has 1 aliphatic heterocycles. The lowest BCUT2D eigenvalue weighted by molar-refractivity contribution is -0.138. The highest BCUT2D eigenvalue weighted by Gasteiger charge is 2.20. The third-order valence-electron chi connectivity index (χ3n) is 2.72. The van der Waals surface area contributed by atoms with E-state index < -0.39 is 0 Å². The van der Waals surface area contributed by atoms with Crippen molar-refractivity contribution < 1.29 is 9.59 Å². The fraction of sp³-hybridized carbons (Fsp3) is 0.818. The van der Waals surface area contributed by atoms with Gasteiger partial charge in [-0.05, 0) is 0 Å². The minimum Gasteiger partial charge on any atom is -0.347 e. The van der Waals surface area contributed by atoms with Gasteiger partial charge in [0.2, 0.25) is 11.8 Å². The Kier molecular flexibility index (Phi) is 5.77. The average molecular weight is 259 g/mol. The quantitative estimate of drug-likeness (QED) is 0.748. The highest BCUT2D eigenvalue weighted by molar-refractivity contribution is 7.99. The second kappa shape index (κ2) is 6.86. The van der Waals surface area contributed by atoms with Crippen molar-refractivity contribution in [2.45, 2.75) is 12.5 Å². The van der Waals surface area contributed by atoms with Crippen molar-refractivity contribution >= 4 is 23.6 Å². The smallest absolute Gasteiger partial charge is 0.241 e. The van der Waals surface area contributed by atoms with Crippen LogP contribution in [0.25, 0.3) is 0 Å². The van der Waals surface area contributed by atoms with Crippen LogP contribution in [-0.4, -0.2) is 73.4 Å². The van der Waals surface area contributed by atoms with Gasteiger partial charge in [0, 0.05) is 51.7 Å². The standard InChI is InChI=1S/C11H21N3O2S/c1-13(2)11(16)7-14(3)10(15)6-9-8-17-5-4-12-9/h9,12H,4-8H2,1-3H3. The van der Waals surface area contributed by atoms with Crippen LogP contribution in [0.3, 0.4) is 0 Å². The third-order valence-corrected chi connectivity index (χ3v) is 3.85. The van der Waals surface area contributed by atoms with Gasteiger partial charge in [0.05, 0.1) is 6.54 Å². The first kappa shape index (κ1) is 14.3. The Hall–Kier alpha value is -0.750. The first-order chi connectivity index (χ1) is 8.00. The van der Waals surface area contributed by atoms with Crippen LogP contribution in [0.15, 0.2) is 0 Å². The molecule has 0 aromatic carbocycles. The normalized spacial score (nSPS) is 19.8. The van der Waals surface area contributed by atoms with Gasteiger partial charge in [-0.1, -0.05) is 0 Å². The predicted molar refractivity (Wildman–Crippen MR) is 70.1 cm³/mol. The van der Waals surface area contributed by atoms with Crippen LogP contribution in [0.5, 0.6) is 0 Å². The zero-order chi connectivity index (χ0) is 12.8. The van der Waals surface area contributed by atoms with Crippen molar-refractivity contribution in [1.82, 2.24) is 15.1 Å². The van der Waals surface area contributed by atoms with E-state index in [0.29, 0.717) is 6.42 Å². The van der Waals surface area contributed by atoms with E-state index in [-0.39, 0.29) is 24.4 Å². The molecule has 0 aliphatic carbocycles. The van der Waals surface area contributed by atoms with E-state index in [1.165, 1.54) is 9.80 Å². The number of carbonyl (C=O) groups is 2. The van der Waals surface area contributed by atoms with Crippen LogP contribution in [0, 0.1) is 0 Å². The summed E-state index contributed by atoms with van der Waals surface area (Å²) in [5.74, 6) is 2.06. The van der Waals surface area contributed by atoms with Crippen LogP contribution in [-0.2, 0) is 9.59 Å². The number of likely N-dealkylation sites (N-methyl/N-ethyl adjacent to an activating group) is 2. The molecule has 6 heteroatoms. The van der Waals surface area contributed by atoms with E-state index in [2.05, 4.69) is 5.32 Å². The van der Waals surface area contributed by atoms with Crippen molar-refractivity contribution in [2.75, 3.05) is 45.7 Å². The van der Waals surface area contributed by atoms with E-state index >= 15 is 0 Å². The van der Waals surface area contributed by atoms with Gasteiger partial charge in [0.1, 0.15) is 0 Å². The molecule has 1 unspecified atom stereocenters. The van der Waals surface area contributed by atoms with E-state index in [4.69, 9.17) is 0 Å². The monoisotopic (exact) mass is 259 g/mol. The van der Waals surface area contributed by atoms with Crippen molar-refractivity contribution in [3.05, 3.63) is 0 Å². The van der Waals surface area contributed by atoms with E-state index in [1.54, 1.807) is 21.1 Å². The molecule has 1 fully saturated rings. The molecule has 0 aromatic rings. The summed E-state index contributed by atoms with van der Waals surface area (Å²) >= 11 is 1.87. The molecule has 0 aromatic heterocycles. The van der Waals surface area contributed by atoms with Crippen molar-refractivity contribution in [1.29, 1.82) is 0 Å². The predicted octanol–water partition coefficient (Wildman–Crippen LogP) is -0.372. The van der Waals surface area contributed by atoms with Crippen LogP contribution in [0.1, 0.15) is 6.42 Å². The molecule has 0 bridgehead atoms. The van der Waals surface area contributed by atoms with Crippen LogP contribution in [0.4, 0.5) is 0 Å². The Morgan fingerprint density at radius 2 is 2.00 bits per heavy atom. The summed E-state index contributed by atoms with van der Waals surface area (Å²) in [4.78, 5) is 26.3. The van der Waals surface area contributed by atoms with Gasteiger partial charge in [-0.2, -0.15) is 11.8 Å². The molecule has 1 rings (SSSR count). The van der Waals surface area contributed by atoms with E-state index in [0.717, 1.165) is 18.1 Å². The van der Waals surface area contributed by atoms with Crippen molar-refractivity contribution in [3.8, 4) is 0 Å². The van der Waals surface area contributed by atoms with Gasteiger partial charge in [-0.3, -0.25) is 9.59 Å². The summed E-state index contributed by atoms with van der Waals surface area (Å²) < 4.78 is 0. The number of rotatable bonds is 4. The third kappa shape index (κ3) is 4.95. The Bertz CT molecular complexity index is 278. The Balaban J connectivity index is 2.33. The molecule has 2 amide bonds. The molecule has 1 heterocycles. The minimum atomic E-state index is -0.0492. The Morgan fingerprint density at radius 3 is 2.53 bits per heavy atom. The highest BCUT2D eigenvalue weighted by Crippen LogP contribution is 2.11. The first-order valence-electron chi connectivity index (χ1n) is 5.76.